The summed E-state index contributed by atoms with van der Waals surface area (Å²) in [5, 5.41) is 0. The first-order valence-corrected chi connectivity index (χ1v) is 9.58. The van der Waals surface area contributed by atoms with Gasteiger partial charge in [-0.3, -0.25) is 14.4 Å². The highest BCUT2D eigenvalue weighted by molar-refractivity contribution is 5.82. The molecule has 0 aliphatic rings. The van der Waals surface area contributed by atoms with Gasteiger partial charge < -0.3 is 14.2 Å². The van der Waals surface area contributed by atoms with Gasteiger partial charge in [0.15, 0.2) is 6.61 Å². The van der Waals surface area contributed by atoms with E-state index >= 15 is 0 Å². The van der Waals surface area contributed by atoms with Crippen molar-refractivity contribution in [3.63, 3.8) is 0 Å². The van der Waals surface area contributed by atoms with Gasteiger partial charge in [0, 0.05) is 6.42 Å². The summed E-state index contributed by atoms with van der Waals surface area (Å²) in [5.74, 6) is -9.01. The van der Waals surface area contributed by atoms with Crippen LogP contribution in [0.5, 0.6) is 0 Å². The zero-order valence-corrected chi connectivity index (χ0v) is 19.0. The maximum Gasteiger partial charge on any atom is 0.434 e. The summed E-state index contributed by atoms with van der Waals surface area (Å²) in [6.45, 7) is 5.17. The number of hydrogen-bond donors (Lipinski definition) is 0. The molecule has 0 saturated carbocycles. The molecule has 15 heteroatoms. The summed E-state index contributed by atoms with van der Waals surface area (Å²) in [7, 11) is 0. The van der Waals surface area contributed by atoms with Gasteiger partial charge in [-0.25, -0.2) is 0 Å². The fourth-order valence-electron chi connectivity index (χ4n) is 2.41. The Morgan fingerprint density at radius 2 is 1.21 bits per heavy atom. The number of carbonyl (C=O) groups excluding carboxylic acids is 3. The van der Waals surface area contributed by atoms with Crippen molar-refractivity contribution in [2.24, 2.45) is 17.3 Å². The van der Waals surface area contributed by atoms with Crippen LogP contribution < -0.4 is 0 Å². The fraction of sp³-hybridized carbons (Fsp3) is 0.842. The molecule has 0 saturated heterocycles. The second-order valence-corrected chi connectivity index (χ2v) is 9.12. The minimum Gasteiger partial charge on any atom is -0.459 e. The molecule has 0 aromatic heterocycles. The standard InChI is InChI=1S/C19H25F9O6/c1-9(11(29)32-8-17(20,21)22)10(7-16(5,6)34-14(31)15(2,3)4)12(30)33-13(18(23,24)25)19(26,27)28/h9-10,13H,7-8H2,1-6H3. The van der Waals surface area contributed by atoms with Gasteiger partial charge in [0.25, 0.3) is 6.10 Å². The molecule has 0 amide bonds. The van der Waals surface area contributed by atoms with Crippen molar-refractivity contribution in [1.29, 1.82) is 0 Å². The monoisotopic (exact) mass is 520 g/mol. The first kappa shape index (κ1) is 31.8. The first-order chi connectivity index (χ1) is 14.8. The number of halogens is 9. The smallest absolute Gasteiger partial charge is 0.434 e. The molecule has 0 radical (unpaired) electrons. The summed E-state index contributed by atoms with van der Waals surface area (Å²) in [6, 6.07) is 0. The van der Waals surface area contributed by atoms with Gasteiger partial charge in [-0.2, -0.15) is 39.5 Å². The Kier molecular flexibility index (Phi) is 9.89. The van der Waals surface area contributed by atoms with Crippen molar-refractivity contribution in [2.75, 3.05) is 6.61 Å². The Labute approximate surface area is 189 Å². The minimum atomic E-state index is -6.08. The number of rotatable bonds is 8. The lowest BCUT2D eigenvalue weighted by molar-refractivity contribution is -0.314. The summed E-state index contributed by atoms with van der Waals surface area (Å²) in [4.78, 5) is 36.5. The number of carbonyl (C=O) groups is 3. The normalized spacial score (nSPS) is 15.5. The van der Waals surface area contributed by atoms with Gasteiger partial charge >= 0.3 is 36.4 Å². The molecule has 2 unspecified atom stereocenters. The average molecular weight is 520 g/mol. The molecule has 0 bridgehead atoms. The Balaban J connectivity index is 6.04. The Morgan fingerprint density at radius 1 is 0.765 bits per heavy atom. The van der Waals surface area contributed by atoms with Crippen LogP contribution in [0.15, 0.2) is 0 Å². The molecule has 0 fully saturated rings. The SMILES string of the molecule is CC(C(=O)OCC(F)(F)F)C(CC(C)(C)OC(=O)C(C)(C)C)C(=O)OC(C(F)(F)F)C(F)(F)F. The predicted octanol–water partition coefficient (Wildman–Crippen LogP) is 5.14. The Morgan fingerprint density at radius 3 is 1.56 bits per heavy atom. The van der Waals surface area contributed by atoms with Crippen LogP contribution in [0, 0.1) is 17.3 Å². The van der Waals surface area contributed by atoms with Crippen LogP contribution in [0.3, 0.4) is 0 Å². The summed E-state index contributed by atoms with van der Waals surface area (Å²) in [6.07, 6.45) is -22.6. The van der Waals surface area contributed by atoms with Crippen molar-refractivity contribution in [1.82, 2.24) is 0 Å². The quantitative estimate of drug-likeness (QED) is 0.251. The molecular formula is C19H25F9O6. The second-order valence-electron chi connectivity index (χ2n) is 9.12. The average Bonchev–Trinajstić information content (AvgIpc) is 2.57. The van der Waals surface area contributed by atoms with Crippen molar-refractivity contribution in [3.05, 3.63) is 0 Å². The predicted molar refractivity (Wildman–Crippen MR) is 95.9 cm³/mol. The molecule has 2 atom stereocenters. The number of hydrogen-bond acceptors (Lipinski definition) is 6. The molecule has 0 aliphatic carbocycles. The van der Waals surface area contributed by atoms with E-state index in [1.807, 2.05) is 0 Å². The maximum absolute atomic E-state index is 12.8. The molecule has 200 valence electrons. The van der Waals surface area contributed by atoms with E-state index in [4.69, 9.17) is 4.74 Å². The Hall–Kier alpha value is -2.22. The van der Waals surface area contributed by atoms with Gasteiger partial charge in [-0.05, 0) is 34.6 Å². The van der Waals surface area contributed by atoms with Crippen LogP contribution in [0.25, 0.3) is 0 Å². The molecule has 0 aromatic carbocycles. The summed E-state index contributed by atoms with van der Waals surface area (Å²) >= 11 is 0. The number of alkyl halides is 9. The van der Waals surface area contributed by atoms with E-state index in [0.29, 0.717) is 0 Å². The van der Waals surface area contributed by atoms with E-state index in [0.717, 1.165) is 20.8 Å². The van der Waals surface area contributed by atoms with Crippen molar-refractivity contribution in [2.45, 2.75) is 78.2 Å². The minimum absolute atomic E-state index is 0.752. The van der Waals surface area contributed by atoms with E-state index in [2.05, 4.69) is 9.47 Å². The maximum atomic E-state index is 12.8. The molecule has 6 nitrogen and oxygen atoms in total. The topological polar surface area (TPSA) is 78.9 Å². The number of ether oxygens (including phenoxy) is 3. The molecule has 0 rings (SSSR count). The third-order valence-corrected chi connectivity index (χ3v) is 4.18. The lowest BCUT2D eigenvalue weighted by Crippen LogP contribution is -2.48. The van der Waals surface area contributed by atoms with Crippen LogP contribution in [0.1, 0.15) is 48.0 Å². The van der Waals surface area contributed by atoms with Gasteiger partial charge in [0.2, 0.25) is 0 Å². The zero-order valence-electron chi connectivity index (χ0n) is 19.0. The van der Waals surface area contributed by atoms with Crippen LogP contribution in [-0.4, -0.2) is 54.7 Å². The van der Waals surface area contributed by atoms with Crippen molar-refractivity contribution >= 4 is 17.9 Å². The van der Waals surface area contributed by atoms with E-state index in [1.165, 1.54) is 20.8 Å². The molecular weight excluding hydrogens is 495 g/mol. The lowest BCUT2D eigenvalue weighted by Gasteiger charge is -2.34. The van der Waals surface area contributed by atoms with Gasteiger partial charge in [0.05, 0.1) is 17.3 Å². The molecule has 0 aliphatic heterocycles. The third-order valence-electron chi connectivity index (χ3n) is 4.18. The van der Waals surface area contributed by atoms with E-state index in [9.17, 15) is 53.9 Å². The molecule has 0 aromatic rings. The number of esters is 3. The fourth-order valence-corrected chi connectivity index (χ4v) is 2.41. The second kappa shape index (κ2) is 10.6. The van der Waals surface area contributed by atoms with Crippen LogP contribution in [0.2, 0.25) is 0 Å². The van der Waals surface area contributed by atoms with Gasteiger partial charge in [-0.15, -0.1) is 0 Å². The van der Waals surface area contributed by atoms with Gasteiger partial charge in [-0.1, -0.05) is 6.92 Å². The molecule has 0 N–H and O–H groups in total. The lowest BCUT2D eigenvalue weighted by atomic mass is 9.84. The zero-order chi connectivity index (χ0) is 27.5. The highest BCUT2D eigenvalue weighted by atomic mass is 19.4. The molecule has 0 spiro atoms. The summed E-state index contributed by atoms with van der Waals surface area (Å²) < 4.78 is 127. The van der Waals surface area contributed by atoms with E-state index in [-0.39, 0.29) is 0 Å². The summed E-state index contributed by atoms with van der Waals surface area (Å²) in [5.41, 5.74) is -2.87. The van der Waals surface area contributed by atoms with Crippen LogP contribution in [0.4, 0.5) is 39.5 Å². The highest BCUT2D eigenvalue weighted by Crippen LogP contribution is 2.38. The molecule has 34 heavy (non-hydrogen) atoms. The van der Waals surface area contributed by atoms with E-state index in [1.54, 1.807) is 0 Å². The highest BCUT2D eigenvalue weighted by Gasteiger charge is 2.60. The van der Waals surface area contributed by atoms with Crippen molar-refractivity contribution < 1.29 is 68.1 Å². The van der Waals surface area contributed by atoms with E-state index < -0.39 is 78.4 Å². The largest absolute Gasteiger partial charge is 0.459 e. The first-order valence-electron chi connectivity index (χ1n) is 9.58. The van der Waals surface area contributed by atoms with Gasteiger partial charge in [0.1, 0.15) is 5.60 Å². The van der Waals surface area contributed by atoms with Crippen molar-refractivity contribution in [3.8, 4) is 0 Å². The van der Waals surface area contributed by atoms with Crippen LogP contribution in [-0.2, 0) is 28.6 Å². The molecule has 0 heterocycles. The Bertz CT molecular complexity index is 719. The van der Waals surface area contributed by atoms with Crippen LogP contribution >= 0.6 is 0 Å². The third kappa shape index (κ3) is 10.8.